The second-order valence-corrected chi connectivity index (χ2v) is 10.3. The van der Waals surface area contributed by atoms with Crippen molar-refractivity contribution in [1.29, 1.82) is 0 Å². The van der Waals surface area contributed by atoms with Crippen molar-refractivity contribution in [3.8, 4) is 17.4 Å². The van der Waals surface area contributed by atoms with Crippen molar-refractivity contribution in [1.82, 2.24) is 39.2 Å². The number of nitrogens with zero attached hydrogens (tertiary/aromatic N) is 9. The number of aromatic nitrogens is 7. The zero-order valence-corrected chi connectivity index (χ0v) is 23.1. The number of hydrogen-bond donors (Lipinski definition) is 1. The first-order valence-electron chi connectivity index (χ1n) is 13.2. The Morgan fingerprint density at radius 3 is 2.74 bits per heavy atom. The molecule has 1 saturated heterocycles. The number of hydrogen-bond acceptors (Lipinski definition) is 11. The molecule has 6 heterocycles. The van der Waals surface area contributed by atoms with E-state index in [1.54, 1.807) is 29.0 Å². The van der Waals surface area contributed by atoms with Crippen LogP contribution in [0.1, 0.15) is 5.69 Å². The summed E-state index contributed by atoms with van der Waals surface area (Å²) in [5.41, 5.74) is 9.31. The maximum Gasteiger partial charge on any atom is 0.299 e. The van der Waals surface area contributed by atoms with Crippen molar-refractivity contribution in [3.05, 3.63) is 53.1 Å². The summed E-state index contributed by atoms with van der Waals surface area (Å²) in [5, 5.41) is 9.83. The molecule has 5 aromatic heterocycles. The summed E-state index contributed by atoms with van der Waals surface area (Å²) in [6.07, 6.45) is 1.64. The van der Waals surface area contributed by atoms with E-state index in [0.717, 1.165) is 11.1 Å². The topological polar surface area (TPSA) is 146 Å². The van der Waals surface area contributed by atoms with Crippen LogP contribution in [0, 0.1) is 12.7 Å². The number of pyridine rings is 1. The van der Waals surface area contributed by atoms with Crippen LogP contribution in [0.25, 0.3) is 39.2 Å². The maximum absolute atomic E-state index is 14.9. The quantitative estimate of drug-likeness (QED) is 0.273. The van der Waals surface area contributed by atoms with E-state index in [2.05, 4.69) is 30.1 Å². The van der Waals surface area contributed by atoms with Crippen molar-refractivity contribution >= 4 is 57.4 Å². The Bertz CT molecular complexity index is 1960. The van der Waals surface area contributed by atoms with E-state index in [-0.39, 0.29) is 22.7 Å². The van der Waals surface area contributed by atoms with Crippen LogP contribution in [-0.4, -0.2) is 78.4 Å². The lowest BCUT2D eigenvalue weighted by atomic mass is 10.1. The highest BCUT2D eigenvalue weighted by Crippen LogP contribution is 2.38. The molecule has 0 bridgehead atoms. The van der Waals surface area contributed by atoms with E-state index in [0.29, 0.717) is 85.2 Å². The number of halogens is 2. The van der Waals surface area contributed by atoms with Crippen molar-refractivity contribution in [3.63, 3.8) is 0 Å². The van der Waals surface area contributed by atoms with Gasteiger partial charge in [0.25, 0.3) is 6.47 Å². The minimum atomic E-state index is -0.342. The summed E-state index contributed by atoms with van der Waals surface area (Å²) in [5.74, 6) is 0.245. The second kappa shape index (κ2) is 10.2. The average Bonchev–Trinajstić information content (AvgIpc) is 3.67. The lowest BCUT2D eigenvalue weighted by molar-refractivity contribution is -0.121. The van der Waals surface area contributed by atoms with Crippen LogP contribution in [-0.2, 0) is 11.3 Å². The van der Waals surface area contributed by atoms with Gasteiger partial charge in [-0.1, -0.05) is 22.8 Å². The smallest absolute Gasteiger partial charge is 0.299 e. The SMILES string of the molecule is Cc1noc2cc(F)c(N3CCN(CCn4c(OC=O)c(Cl)c5c4nc(N)n4nc(-c6ccccn6)nc54)CC3)cc12. The minimum Gasteiger partial charge on any atom is -0.410 e. The van der Waals surface area contributed by atoms with Crippen LogP contribution < -0.4 is 15.4 Å². The highest BCUT2D eigenvalue weighted by Gasteiger charge is 2.26. The van der Waals surface area contributed by atoms with Gasteiger partial charge >= 0.3 is 0 Å². The molecule has 0 amide bonds. The molecule has 2 N–H and O–H groups in total. The molecule has 7 rings (SSSR count). The Labute approximate surface area is 242 Å². The second-order valence-electron chi connectivity index (χ2n) is 9.94. The largest absolute Gasteiger partial charge is 0.410 e. The summed E-state index contributed by atoms with van der Waals surface area (Å²) < 4.78 is 28.5. The Hall–Kier alpha value is -4.82. The standard InChI is InChI=1S/C27H24ClFN10O3/c1-15-16-12-19(17(29)13-20(16)42-35-15)37-9-6-36(7-10-37)8-11-38-24-21(22(28)26(38)41-14-40)25-32-23(18-4-2-3-5-31-18)34-39(25)27(30)33-24/h2-5,12-14H,6-11H2,1H3,(H2,30,33). The lowest BCUT2D eigenvalue weighted by Crippen LogP contribution is -2.47. The zero-order valence-electron chi connectivity index (χ0n) is 22.4. The molecule has 6 aromatic rings. The highest BCUT2D eigenvalue weighted by molar-refractivity contribution is 6.38. The number of ether oxygens (including phenoxy) is 1. The molecule has 0 radical (unpaired) electrons. The van der Waals surface area contributed by atoms with Gasteiger partial charge in [0.05, 0.1) is 16.8 Å². The van der Waals surface area contributed by atoms with Crippen molar-refractivity contribution in [2.24, 2.45) is 0 Å². The summed E-state index contributed by atoms with van der Waals surface area (Å²) in [7, 11) is 0. The number of piperazine rings is 1. The summed E-state index contributed by atoms with van der Waals surface area (Å²) in [6.45, 7) is 5.77. The number of aryl methyl sites for hydroxylation is 1. The molecule has 15 heteroatoms. The minimum absolute atomic E-state index is 0.0934. The van der Waals surface area contributed by atoms with Gasteiger partial charge in [-0.2, -0.15) is 9.50 Å². The van der Waals surface area contributed by atoms with Gasteiger partial charge in [-0.15, -0.1) is 5.10 Å². The first-order valence-corrected chi connectivity index (χ1v) is 13.6. The molecule has 0 atom stereocenters. The predicted molar refractivity (Wildman–Crippen MR) is 153 cm³/mol. The molecule has 1 aliphatic heterocycles. The molecule has 42 heavy (non-hydrogen) atoms. The predicted octanol–water partition coefficient (Wildman–Crippen LogP) is 3.32. The molecule has 1 fully saturated rings. The molecule has 0 aliphatic carbocycles. The first-order chi connectivity index (χ1) is 20.4. The highest BCUT2D eigenvalue weighted by atomic mass is 35.5. The van der Waals surface area contributed by atoms with Gasteiger partial charge in [0.1, 0.15) is 16.5 Å². The van der Waals surface area contributed by atoms with E-state index >= 15 is 0 Å². The van der Waals surface area contributed by atoms with E-state index in [9.17, 15) is 9.18 Å². The van der Waals surface area contributed by atoms with Crippen LogP contribution in [0.3, 0.4) is 0 Å². The molecular formula is C27H24ClFN10O3. The number of anilines is 2. The average molecular weight is 591 g/mol. The van der Waals surface area contributed by atoms with Crippen molar-refractivity contribution < 1.29 is 18.4 Å². The van der Waals surface area contributed by atoms with E-state index in [4.69, 9.17) is 26.6 Å². The van der Waals surface area contributed by atoms with Crippen LogP contribution in [0.2, 0.25) is 5.02 Å². The normalized spacial score (nSPS) is 14.4. The Morgan fingerprint density at radius 2 is 1.98 bits per heavy atom. The molecule has 13 nitrogen and oxygen atoms in total. The van der Waals surface area contributed by atoms with Gasteiger partial charge in [-0.3, -0.25) is 19.2 Å². The number of fused-ring (bicyclic) bond motifs is 4. The molecule has 0 saturated carbocycles. The third-order valence-corrected chi connectivity index (χ3v) is 7.88. The van der Waals surface area contributed by atoms with Gasteiger partial charge in [0, 0.05) is 56.9 Å². The Morgan fingerprint density at radius 1 is 1.14 bits per heavy atom. The molecular weight excluding hydrogens is 567 g/mol. The number of nitrogen functional groups attached to an aromatic ring is 1. The molecule has 0 spiro atoms. The van der Waals surface area contributed by atoms with Crippen molar-refractivity contribution in [2.75, 3.05) is 43.4 Å². The van der Waals surface area contributed by atoms with Gasteiger partial charge in [-0.25, -0.2) is 9.37 Å². The number of rotatable bonds is 7. The number of carbonyl (C=O) groups excluding carboxylic acids is 1. The van der Waals surface area contributed by atoms with Crippen LogP contribution in [0.15, 0.2) is 41.1 Å². The van der Waals surface area contributed by atoms with E-state index < -0.39 is 0 Å². The zero-order chi connectivity index (χ0) is 29.0. The fourth-order valence-corrected chi connectivity index (χ4v) is 5.71. The Balaban J connectivity index is 1.15. The molecule has 214 valence electrons. The van der Waals surface area contributed by atoms with Gasteiger partial charge in [0.2, 0.25) is 17.7 Å². The van der Waals surface area contributed by atoms with E-state index in [1.165, 1.54) is 10.6 Å². The fourth-order valence-electron chi connectivity index (χ4n) is 5.40. The summed E-state index contributed by atoms with van der Waals surface area (Å²) in [6, 6.07) is 8.59. The first kappa shape index (κ1) is 26.1. The third kappa shape index (κ3) is 4.26. The van der Waals surface area contributed by atoms with Gasteiger partial charge < -0.3 is 19.9 Å². The number of benzene rings is 1. The molecule has 0 unspecified atom stereocenters. The lowest BCUT2D eigenvalue weighted by Gasteiger charge is -2.36. The molecule has 1 aromatic carbocycles. The number of nitrogens with two attached hydrogens (primary N) is 1. The molecule has 1 aliphatic rings. The summed E-state index contributed by atoms with van der Waals surface area (Å²) >= 11 is 6.75. The van der Waals surface area contributed by atoms with Crippen LogP contribution >= 0.6 is 11.6 Å². The maximum atomic E-state index is 14.9. The summed E-state index contributed by atoms with van der Waals surface area (Å²) in [4.78, 5) is 29.2. The van der Waals surface area contributed by atoms with Crippen molar-refractivity contribution in [2.45, 2.75) is 13.5 Å². The monoisotopic (exact) mass is 590 g/mol. The van der Waals surface area contributed by atoms with Crippen LogP contribution in [0.5, 0.6) is 5.88 Å². The fraction of sp³-hybridized carbons (Fsp3) is 0.259. The Kier molecular flexibility index (Phi) is 6.35. The third-order valence-electron chi connectivity index (χ3n) is 7.53. The van der Waals surface area contributed by atoms with Gasteiger partial charge in [-0.05, 0) is 25.1 Å². The van der Waals surface area contributed by atoms with Crippen LogP contribution in [0.4, 0.5) is 16.0 Å². The van der Waals surface area contributed by atoms with E-state index in [1.807, 2.05) is 17.9 Å². The van der Waals surface area contributed by atoms with Gasteiger partial charge in [0.15, 0.2) is 16.9 Å². The number of carbonyl (C=O) groups is 1.